The van der Waals surface area contributed by atoms with Gasteiger partial charge in [0.1, 0.15) is 6.10 Å². The zero-order valence-electron chi connectivity index (χ0n) is 9.78. The molecule has 1 fully saturated rings. The van der Waals surface area contributed by atoms with Gasteiger partial charge in [0.2, 0.25) is 5.91 Å². The molecule has 94 valence electrons. The third-order valence-corrected chi connectivity index (χ3v) is 3.71. The third-order valence-electron chi connectivity index (χ3n) is 2.64. The van der Waals surface area contributed by atoms with Crippen LogP contribution in [0.5, 0.6) is 0 Å². The molecule has 1 amide bonds. The molecule has 1 aliphatic heterocycles. The molecule has 0 bridgehead atoms. The SMILES string of the molecule is CC1CCOC1C(=O)NCCSCCCO. The van der Waals surface area contributed by atoms with Gasteiger partial charge in [0.25, 0.3) is 0 Å². The fourth-order valence-corrected chi connectivity index (χ4v) is 2.43. The van der Waals surface area contributed by atoms with E-state index in [1.165, 1.54) is 0 Å². The van der Waals surface area contributed by atoms with E-state index in [1.54, 1.807) is 11.8 Å². The maximum absolute atomic E-state index is 11.7. The lowest BCUT2D eigenvalue weighted by Crippen LogP contribution is -2.38. The monoisotopic (exact) mass is 247 g/mol. The molecular weight excluding hydrogens is 226 g/mol. The van der Waals surface area contributed by atoms with E-state index in [0.29, 0.717) is 19.1 Å². The van der Waals surface area contributed by atoms with Crippen LogP contribution in [0.2, 0.25) is 0 Å². The second-order valence-electron chi connectivity index (χ2n) is 4.04. The molecule has 0 aromatic rings. The molecule has 0 aliphatic carbocycles. The van der Waals surface area contributed by atoms with E-state index < -0.39 is 0 Å². The molecular formula is C11H21NO3S. The average molecular weight is 247 g/mol. The topological polar surface area (TPSA) is 58.6 Å². The number of carbonyl (C=O) groups excluding carboxylic acids is 1. The lowest BCUT2D eigenvalue weighted by Gasteiger charge is -2.14. The van der Waals surface area contributed by atoms with E-state index in [-0.39, 0.29) is 18.6 Å². The minimum absolute atomic E-state index is 0.0211. The smallest absolute Gasteiger partial charge is 0.249 e. The van der Waals surface area contributed by atoms with Gasteiger partial charge in [0.05, 0.1) is 0 Å². The second-order valence-corrected chi connectivity index (χ2v) is 5.26. The molecule has 2 atom stereocenters. The van der Waals surface area contributed by atoms with Crippen molar-refractivity contribution < 1.29 is 14.6 Å². The molecule has 0 radical (unpaired) electrons. The summed E-state index contributed by atoms with van der Waals surface area (Å²) in [6, 6.07) is 0. The van der Waals surface area contributed by atoms with Gasteiger partial charge in [-0.2, -0.15) is 11.8 Å². The van der Waals surface area contributed by atoms with Gasteiger partial charge < -0.3 is 15.2 Å². The highest BCUT2D eigenvalue weighted by Gasteiger charge is 2.30. The lowest BCUT2D eigenvalue weighted by atomic mass is 10.0. The van der Waals surface area contributed by atoms with E-state index in [4.69, 9.17) is 9.84 Å². The molecule has 1 rings (SSSR count). The van der Waals surface area contributed by atoms with Gasteiger partial charge in [-0.15, -0.1) is 0 Å². The van der Waals surface area contributed by atoms with E-state index in [0.717, 1.165) is 24.3 Å². The number of amides is 1. The molecule has 1 aliphatic rings. The molecule has 1 saturated heterocycles. The van der Waals surface area contributed by atoms with Gasteiger partial charge in [0.15, 0.2) is 0 Å². The van der Waals surface area contributed by atoms with Crippen molar-refractivity contribution in [3.63, 3.8) is 0 Å². The van der Waals surface area contributed by atoms with Crippen LogP contribution in [0, 0.1) is 5.92 Å². The maximum Gasteiger partial charge on any atom is 0.249 e. The zero-order chi connectivity index (χ0) is 11.8. The predicted molar refractivity (Wildman–Crippen MR) is 65.6 cm³/mol. The van der Waals surface area contributed by atoms with Crippen LogP contribution in [0.25, 0.3) is 0 Å². The Morgan fingerprint density at radius 2 is 2.38 bits per heavy atom. The average Bonchev–Trinajstić information content (AvgIpc) is 2.69. The summed E-state index contributed by atoms with van der Waals surface area (Å²) < 4.78 is 5.37. The van der Waals surface area contributed by atoms with Crippen molar-refractivity contribution in [2.45, 2.75) is 25.9 Å². The number of carbonyl (C=O) groups is 1. The number of aliphatic hydroxyl groups is 1. The summed E-state index contributed by atoms with van der Waals surface area (Å²) in [5.74, 6) is 2.20. The van der Waals surface area contributed by atoms with Crippen LogP contribution in [0.1, 0.15) is 19.8 Å². The normalized spacial score (nSPS) is 24.6. The number of ether oxygens (including phenoxy) is 1. The van der Waals surface area contributed by atoms with Gasteiger partial charge in [-0.3, -0.25) is 4.79 Å². The van der Waals surface area contributed by atoms with Crippen molar-refractivity contribution >= 4 is 17.7 Å². The summed E-state index contributed by atoms with van der Waals surface area (Å²) in [5.41, 5.74) is 0. The van der Waals surface area contributed by atoms with Crippen LogP contribution in [0.15, 0.2) is 0 Å². The van der Waals surface area contributed by atoms with Gasteiger partial charge in [-0.1, -0.05) is 6.92 Å². The third kappa shape index (κ3) is 4.72. The Labute approximate surface area is 101 Å². The van der Waals surface area contributed by atoms with Crippen LogP contribution in [-0.4, -0.2) is 48.4 Å². The Morgan fingerprint density at radius 1 is 1.56 bits per heavy atom. The number of aliphatic hydroxyl groups excluding tert-OH is 1. The van der Waals surface area contributed by atoms with Crippen LogP contribution in [0.4, 0.5) is 0 Å². The number of hydrogen-bond donors (Lipinski definition) is 2. The maximum atomic E-state index is 11.7. The minimum atomic E-state index is -0.248. The van der Waals surface area contributed by atoms with Crippen LogP contribution in [-0.2, 0) is 9.53 Å². The molecule has 0 spiro atoms. The Hall–Kier alpha value is -0.260. The molecule has 1 heterocycles. The molecule has 4 nitrogen and oxygen atoms in total. The highest BCUT2D eigenvalue weighted by atomic mass is 32.2. The highest BCUT2D eigenvalue weighted by Crippen LogP contribution is 2.19. The summed E-state index contributed by atoms with van der Waals surface area (Å²) in [7, 11) is 0. The molecule has 5 heteroatoms. The molecule has 16 heavy (non-hydrogen) atoms. The summed E-state index contributed by atoms with van der Waals surface area (Å²) >= 11 is 1.75. The fourth-order valence-electron chi connectivity index (χ4n) is 1.65. The first kappa shape index (κ1) is 13.8. The van der Waals surface area contributed by atoms with Crippen LogP contribution >= 0.6 is 11.8 Å². The largest absolute Gasteiger partial charge is 0.396 e. The van der Waals surface area contributed by atoms with Crippen molar-refractivity contribution in [2.75, 3.05) is 31.3 Å². The van der Waals surface area contributed by atoms with Gasteiger partial charge in [-0.25, -0.2) is 0 Å². The predicted octanol–water partition coefficient (Wildman–Crippen LogP) is 0.643. The summed E-state index contributed by atoms with van der Waals surface area (Å²) in [6.07, 6.45) is 1.55. The number of thioether (sulfide) groups is 1. The second kappa shape index (κ2) is 7.92. The standard InChI is InChI=1S/C11H21NO3S/c1-9-3-6-15-10(9)11(14)12-4-8-16-7-2-5-13/h9-10,13H,2-8H2,1H3,(H,12,14). The first-order valence-electron chi connectivity index (χ1n) is 5.83. The Bertz CT molecular complexity index is 213. The van der Waals surface area contributed by atoms with E-state index in [9.17, 15) is 4.79 Å². The Morgan fingerprint density at radius 3 is 3.00 bits per heavy atom. The van der Waals surface area contributed by atoms with Gasteiger partial charge >= 0.3 is 0 Å². The molecule has 2 N–H and O–H groups in total. The van der Waals surface area contributed by atoms with Crippen LogP contribution in [0.3, 0.4) is 0 Å². The summed E-state index contributed by atoms with van der Waals surface area (Å²) in [6.45, 7) is 3.67. The van der Waals surface area contributed by atoms with Crippen molar-refractivity contribution in [2.24, 2.45) is 5.92 Å². The Kier molecular flexibility index (Phi) is 6.84. The number of nitrogens with one attached hydrogen (secondary N) is 1. The quantitative estimate of drug-likeness (QED) is 0.648. The van der Waals surface area contributed by atoms with Gasteiger partial charge in [-0.05, 0) is 24.5 Å². The van der Waals surface area contributed by atoms with Crippen molar-refractivity contribution in [3.8, 4) is 0 Å². The van der Waals surface area contributed by atoms with E-state index in [1.807, 2.05) is 6.92 Å². The minimum Gasteiger partial charge on any atom is -0.396 e. The lowest BCUT2D eigenvalue weighted by molar-refractivity contribution is -0.131. The van der Waals surface area contributed by atoms with Crippen LogP contribution < -0.4 is 5.32 Å². The van der Waals surface area contributed by atoms with Crippen molar-refractivity contribution in [1.82, 2.24) is 5.32 Å². The van der Waals surface area contributed by atoms with Crippen molar-refractivity contribution in [3.05, 3.63) is 0 Å². The first-order chi connectivity index (χ1) is 7.75. The van der Waals surface area contributed by atoms with E-state index >= 15 is 0 Å². The number of hydrogen-bond acceptors (Lipinski definition) is 4. The Balaban J connectivity index is 2.02. The summed E-state index contributed by atoms with van der Waals surface area (Å²) in [5, 5.41) is 11.5. The first-order valence-corrected chi connectivity index (χ1v) is 6.99. The van der Waals surface area contributed by atoms with Gasteiger partial charge in [0, 0.05) is 25.5 Å². The zero-order valence-corrected chi connectivity index (χ0v) is 10.6. The molecule has 0 aromatic carbocycles. The molecule has 0 aromatic heterocycles. The molecule has 0 saturated carbocycles. The fraction of sp³-hybridized carbons (Fsp3) is 0.909. The molecule has 2 unspecified atom stereocenters. The van der Waals surface area contributed by atoms with Crippen molar-refractivity contribution in [1.29, 1.82) is 0 Å². The highest BCUT2D eigenvalue weighted by molar-refractivity contribution is 7.99. The summed E-state index contributed by atoms with van der Waals surface area (Å²) in [4.78, 5) is 11.7. The van der Waals surface area contributed by atoms with E-state index in [2.05, 4.69) is 5.32 Å². The number of rotatable bonds is 7.